The van der Waals surface area contributed by atoms with Crippen LogP contribution in [0.5, 0.6) is 11.5 Å². The molecule has 0 fully saturated rings. The lowest BCUT2D eigenvalue weighted by molar-refractivity contribution is 0.174. The van der Waals surface area contributed by atoms with Gasteiger partial charge in [-0.25, -0.2) is 4.21 Å². The van der Waals surface area contributed by atoms with E-state index in [1.807, 2.05) is 0 Å². The highest BCUT2D eigenvalue weighted by molar-refractivity contribution is 7.80. The summed E-state index contributed by atoms with van der Waals surface area (Å²) >= 11 is -2.09. The van der Waals surface area contributed by atoms with Gasteiger partial charge in [-0.15, -0.1) is 0 Å². The van der Waals surface area contributed by atoms with Crippen molar-refractivity contribution in [1.29, 1.82) is 0 Å². The van der Waals surface area contributed by atoms with Gasteiger partial charge in [0.1, 0.15) is 0 Å². The van der Waals surface area contributed by atoms with Crippen LogP contribution in [0.2, 0.25) is 0 Å². The zero-order valence-corrected chi connectivity index (χ0v) is 7.34. The second-order valence-electron chi connectivity index (χ2n) is 2.39. The van der Waals surface area contributed by atoms with Crippen LogP contribution in [0.25, 0.3) is 0 Å². The Balaban J connectivity index is 2.36. The molecule has 13 heavy (non-hydrogen) atoms. The minimum Gasteiger partial charge on any atom is -0.454 e. The number of fused-ring (bicyclic) bond motifs is 1. The van der Waals surface area contributed by atoms with Gasteiger partial charge in [-0.3, -0.25) is 9.27 Å². The standard InChI is InChI=1S/C7H7NO4S/c9-13(10)8-5-2-1-3-6-7(5)12-4-11-6/h1-3,8H,4H2,(H,9,10). The number of nitrogens with one attached hydrogen (secondary N) is 1. The van der Waals surface area contributed by atoms with Crippen molar-refractivity contribution in [2.45, 2.75) is 0 Å². The van der Waals surface area contributed by atoms with E-state index < -0.39 is 11.3 Å². The van der Waals surface area contributed by atoms with Gasteiger partial charge in [0.25, 0.3) is 11.3 Å². The number of benzene rings is 1. The molecule has 1 heterocycles. The molecule has 1 aromatic carbocycles. The summed E-state index contributed by atoms with van der Waals surface area (Å²) in [5, 5.41) is 0. The van der Waals surface area contributed by atoms with Gasteiger partial charge in [0.05, 0.1) is 5.69 Å². The summed E-state index contributed by atoms with van der Waals surface area (Å²) in [6.45, 7) is 0.145. The average molecular weight is 201 g/mol. The number of para-hydroxylation sites is 1. The zero-order valence-electron chi connectivity index (χ0n) is 6.52. The Morgan fingerprint density at radius 1 is 1.46 bits per heavy atom. The largest absolute Gasteiger partial charge is 0.454 e. The molecule has 0 aliphatic carbocycles. The monoisotopic (exact) mass is 201 g/mol. The molecule has 1 unspecified atom stereocenters. The van der Waals surface area contributed by atoms with Crippen molar-refractivity contribution in [1.82, 2.24) is 0 Å². The summed E-state index contributed by atoms with van der Waals surface area (Å²) in [7, 11) is 0. The lowest BCUT2D eigenvalue weighted by Gasteiger charge is -2.04. The minimum absolute atomic E-state index is 0.145. The first kappa shape index (κ1) is 8.33. The van der Waals surface area contributed by atoms with Crippen molar-refractivity contribution >= 4 is 17.0 Å². The molecule has 2 rings (SSSR count). The van der Waals surface area contributed by atoms with Crippen molar-refractivity contribution in [3.63, 3.8) is 0 Å². The second-order valence-corrected chi connectivity index (χ2v) is 3.09. The average Bonchev–Trinajstić information content (AvgIpc) is 2.51. The molecule has 70 valence electrons. The van der Waals surface area contributed by atoms with Crippen molar-refractivity contribution in [3.8, 4) is 11.5 Å². The molecule has 1 atom stereocenters. The molecule has 0 bridgehead atoms. The number of hydrogen-bond acceptors (Lipinski definition) is 3. The maximum Gasteiger partial charge on any atom is 0.259 e. The van der Waals surface area contributed by atoms with E-state index in [1.165, 1.54) is 0 Å². The van der Waals surface area contributed by atoms with E-state index in [1.54, 1.807) is 18.2 Å². The Kier molecular flexibility index (Phi) is 2.07. The van der Waals surface area contributed by atoms with E-state index in [0.29, 0.717) is 17.2 Å². The fourth-order valence-electron chi connectivity index (χ4n) is 1.10. The highest BCUT2D eigenvalue weighted by Gasteiger charge is 2.17. The van der Waals surface area contributed by atoms with Crippen molar-refractivity contribution < 1.29 is 18.2 Å². The van der Waals surface area contributed by atoms with Crippen molar-refractivity contribution in [2.24, 2.45) is 0 Å². The van der Waals surface area contributed by atoms with Gasteiger partial charge < -0.3 is 9.47 Å². The van der Waals surface area contributed by atoms with E-state index in [4.69, 9.17) is 14.0 Å². The van der Waals surface area contributed by atoms with Crippen LogP contribution in [0.3, 0.4) is 0 Å². The molecule has 5 nitrogen and oxygen atoms in total. The Labute approximate surface area is 77.1 Å². The van der Waals surface area contributed by atoms with E-state index in [9.17, 15) is 4.21 Å². The fourth-order valence-corrected chi connectivity index (χ4v) is 1.45. The first-order valence-corrected chi connectivity index (χ1v) is 4.64. The SMILES string of the molecule is O=S(O)Nc1cccc2c1OCO2. The quantitative estimate of drug-likeness (QED) is 0.699. The molecule has 0 amide bonds. The molecule has 0 saturated heterocycles. The van der Waals surface area contributed by atoms with Crippen LogP contribution < -0.4 is 14.2 Å². The molecule has 0 radical (unpaired) electrons. The van der Waals surface area contributed by atoms with Crippen molar-refractivity contribution in [3.05, 3.63) is 18.2 Å². The Hall–Kier alpha value is -1.27. The molecule has 1 aliphatic heterocycles. The summed E-state index contributed by atoms with van der Waals surface area (Å²) in [5.74, 6) is 1.06. The number of rotatable bonds is 2. The first-order chi connectivity index (χ1) is 6.27. The number of ether oxygens (including phenoxy) is 2. The predicted molar refractivity (Wildman–Crippen MR) is 47.0 cm³/mol. The third-order valence-electron chi connectivity index (χ3n) is 1.59. The van der Waals surface area contributed by atoms with Gasteiger partial charge in [0.15, 0.2) is 11.5 Å². The predicted octanol–water partition coefficient (Wildman–Crippen LogP) is 0.964. The van der Waals surface area contributed by atoms with Crippen LogP contribution in [-0.2, 0) is 11.3 Å². The van der Waals surface area contributed by atoms with Crippen LogP contribution in [-0.4, -0.2) is 15.6 Å². The lowest BCUT2D eigenvalue weighted by Crippen LogP contribution is -2.02. The minimum atomic E-state index is -2.09. The summed E-state index contributed by atoms with van der Waals surface area (Å²) in [5.41, 5.74) is 0.454. The fraction of sp³-hybridized carbons (Fsp3) is 0.143. The van der Waals surface area contributed by atoms with E-state index in [-0.39, 0.29) is 6.79 Å². The molecular formula is C7H7NO4S. The Morgan fingerprint density at radius 2 is 2.31 bits per heavy atom. The van der Waals surface area contributed by atoms with Gasteiger partial charge in [-0.05, 0) is 12.1 Å². The summed E-state index contributed by atoms with van der Waals surface area (Å²) in [6, 6.07) is 5.08. The maximum atomic E-state index is 10.5. The van der Waals surface area contributed by atoms with Crippen LogP contribution >= 0.6 is 0 Å². The molecule has 2 N–H and O–H groups in total. The molecule has 1 aromatic rings. The molecule has 0 saturated carbocycles. The zero-order chi connectivity index (χ0) is 9.26. The normalized spacial score (nSPS) is 15.5. The molecular weight excluding hydrogens is 194 g/mol. The number of anilines is 1. The lowest BCUT2D eigenvalue weighted by atomic mass is 10.3. The third-order valence-corrected chi connectivity index (χ3v) is 1.99. The van der Waals surface area contributed by atoms with Crippen LogP contribution in [0, 0.1) is 0 Å². The van der Waals surface area contributed by atoms with E-state index >= 15 is 0 Å². The highest BCUT2D eigenvalue weighted by atomic mass is 32.2. The van der Waals surface area contributed by atoms with Gasteiger partial charge in [0.2, 0.25) is 6.79 Å². The summed E-state index contributed by atoms with van der Waals surface area (Å²) in [6.07, 6.45) is 0. The Morgan fingerprint density at radius 3 is 3.08 bits per heavy atom. The van der Waals surface area contributed by atoms with Crippen molar-refractivity contribution in [2.75, 3.05) is 11.5 Å². The van der Waals surface area contributed by atoms with Crippen LogP contribution in [0.4, 0.5) is 5.69 Å². The van der Waals surface area contributed by atoms with Gasteiger partial charge in [0, 0.05) is 0 Å². The van der Waals surface area contributed by atoms with E-state index in [2.05, 4.69) is 4.72 Å². The smallest absolute Gasteiger partial charge is 0.259 e. The van der Waals surface area contributed by atoms with Crippen LogP contribution in [0.15, 0.2) is 18.2 Å². The molecule has 6 heteroatoms. The first-order valence-electron chi connectivity index (χ1n) is 3.53. The molecule has 1 aliphatic rings. The van der Waals surface area contributed by atoms with Gasteiger partial charge >= 0.3 is 0 Å². The molecule has 0 spiro atoms. The topological polar surface area (TPSA) is 67.8 Å². The highest BCUT2D eigenvalue weighted by Crippen LogP contribution is 2.38. The van der Waals surface area contributed by atoms with E-state index in [0.717, 1.165) is 0 Å². The third kappa shape index (κ3) is 1.58. The summed E-state index contributed by atoms with van der Waals surface area (Å²) in [4.78, 5) is 0. The second kappa shape index (κ2) is 3.23. The maximum absolute atomic E-state index is 10.5. The number of hydrogen-bond donors (Lipinski definition) is 2. The summed E-state index contributed by atoms with van der Waals surface area (Å²) < 4.78 is 31.6. The van der Waals surface area contributed by atoms with Crippen LogP contribution in [0.1, 0.15) is 0 Å². The van der Waals surface area contributed by atoms with Gasteiger partial charge in [-0.1, -0.05) is 6.07 Å². The molecule has 0 aromatic heterocycles. The van der Waals surface area contributed by atoms with Gasteiger partial charge in [-0.2, -0.15) is 0 Å². The Bertz CT molecular complexity index is 354.